The Morgan fingerprint density at radius 2 is 1.89 bits per heavy atom. The van der Waals surface area contributed by atoms with Crippen LogP contribution < -0.4 is 0 Å². The number of aldehydes is 1. The number of unbranched alkanes of at least 4 members (excludes halogenated alkanes) is 1. The van der Waals surface area contributed by atoms with Crippen LogP contribution in [0.1, 0.15) is 39.2 Å². The molecule has 3 heteroatoms. The van der Waals surface area contributed by atoms with E-state index in [4.69, 9.17) is 9.47 Å². The number of ether oxygens (including phenoxy) is 2. The van der Waals surface area contributed by atoms with E-state index in [2.05, 4.69) is 6.92 Å². The van der Waals surface area contributed by atoms with E-state index in [-0.39, 0.29) is 0 Å². The van der Waals surface area contributed by atoms with Crippen LogP contribution in [-0.2, 0) is 20.1 Å². The van der Waals surface area contributed by atoms with Crippen molar-refractivity contribution in [2.75, 3.05) is 13.2 Å². The molecule has 0 aromatic heterocycles. The highest BCUT2D eigenvalue weighted by Crippen LogP contribution is 2.26. The van der Waals surface area contributed by atoms with Crippen LogP contribution >= 0.6 is 0 Å². The van der Waals surface area contributed by atoms with Crippen LogP contribution in [-0.4, -0.2) is 19.5 Å². The highest BCUT2D eigenvalue weighted by molar-refractivity contribution is 5.63. The lowest BCUT2D eigenvalue weighted by Crippen LogP contribution is -2.36. The van der Waals surface area contributed by atoms with Crippen LogP contribution in [0, 0.1) is 5.92 Å². The van der Waals surface area contributed by atoms with Crippen molar-refractivity contribution < 1.29 is 14.3 Å². The van der Waals surface area contributed by atoms with Gasteiger partial charge in [0.05, 0.1) is 13.2 Å². The normalized spacial score (nSPS) is 14.3. The van der Waals surface area contributed by atoms with Crippen molar-refractivity contribution >= 4 is 6.29 Å². The topological polar surface area (TPSA) is 35.5 Å². The van der Waals surface area contributed by atoms with Gasteiger partial charge in [-0.2, -0.15) is 0 Å². The number of benzene rings is 1. The maximum Gasteiger partial charge on any atom is 0.253 e. The van der Waals surface area contributed by atoms with Crippen molar-refractivity contribution in [1.29, 1.82) is 0 Å². The van der Waals surface area contributed by atoms with E-state index in [1.807, 2.05) is 44.2 Å². The van der Waals surface area contributed by atoms with E-state index < -0.39 is 5.79 Å². The highest BCUT2D eigenvalue weighted by atomic mass is 16.7. The van der Waals surface area contributed by atoms with Crippen LogP contribution in [0.5, 0.6) is 0 Å². The first-order chi connectivity index (χ1) is 9.14. The number of carbonyl (C=O) groups excluding carboxylic acids is 1. The summed E-state index contributed by atoms with van der Waals surface area (Å²) in [7, 11) is 0. The smallest absolute Gasteiger partial charge is 0.253 e. The zero-order chi connectivity index (χ0) is 14.1. The standard InChI is InChI=1S/C16H24O3/c1-4-5-11-18-16(13-17,19-12-14(2)3)15-9-7-6-8-10-15/h6-10,13-14H,4-5,11-12H2,1-3H3. The number of rotatable bonds is 9. The third kappa shape index (κ3) is 4.77. The lowest BCUT2D eigenvalue weighted by Gasteiger charge is -2.29. The Morgan fingerprint density at radius 3 is 2.42 bits per heavy atom. The summed E-state index contributed by atoms with van der Waals surface area (Å²) in [6, 6.07) is 9.40. The predicted octanol–water partition coefficient (Wildman–Crippen LogP) is 3.53. The molecule has 0 spiro atoms. The van der Waals surface area contributed by atoms with Crippen molar-refractivity contribution in [2.45, 2.75) is 39.4 Å². The van der Waals surface area contributed by atoms with Crippen molar-refractivity contribution in [1.82, 2.24) is 0 Å². The molecule has 0 aliphatic rings. The second-order valence-electron chi connectivity index (χ2n) is 5.06. The quantitative estimate of drug-likeness (QED) is 0.389. The summed E-state index contributed by atoms with van der Waals surface area (Å²) in [5, 5.41) is 0. The fourth-order valence-corrected chi connectivity index (χ4v) is 1.67. The van der Waals surface area contributed by atoms with Gasteiger partial charge in [0.15, 0.2) is 6.29 Å². The van der Waals surface area contributed by atoms with Crippen LogP contribution in [0.3, 0.4) is 0 Å². The first kappa shape index (κ1) is 15.9. The molecule has 1 unspecified atom stereocenters. The monoisotopic (exact) mass is 264 g/mol. The van der Waals surface area contributed by atoms with Gasteiger partial charge in [0.2, 0.25) is 0 Å². The minimum Gasteiger partial charge on any atom is -0.340 e. The first-order valence-corrected chi connectivity index (χ1v) is 6.94. The number of carbonyl (C=O) groups is 1. The molecule has 1 rings (SSSR count). The van der Waals surface area contributed by atoms with Crippen molar-refractivity contribution in [3.8, 4) is 0 Å². The number of hydrogen-bond acceptors (Lipinski definition) is 3. The molecule has 0 aliphatic heterocycles. The molecule has 0 amide bonds. The van der Waals surface area contributed by atoms with Gasteiger partial charge in [-0.25, -0.2) is 0 Å². The van der Waals surface area contributed by atoms with Gasteiger partial charge in [0.1, 0.15) is 0 Å². The summed E-state index contributed by atoms with van der Waals surface area (Å²) in [5.41, 5.74) is 0.752. The third-order valence-electron chi connectivity index (χ3n) is 2.78. The molecule has 1 atom stereocenters. The van der Waals surface area contributed by atoms with E-state index in [1.165, 1.54) is 0 Å². The third-order valence-corrected chi connectivity index (χ3v) is 2.78. The summed E-state index contributed by atoms with van der Waals surface area (Å²) in [5.74, 6) is -0.918. The van der Waals surface area contributed by atoms with Crippen LogP contribution in [0.4, 0.5) is 0 Å². The largest absolute Gasteiger partial charge is 0.340 e. The van der Waals surface area contributed by atoms with Gasteiger partial charge >= 0.3 is 0 Å². The molecule has 0 fully saturated rings. The van der Waals surface area contributed by atoms with Crippen molar-refractivity contribution in [3.63, 3.8) is 0 Å². The lowest BCUT2D eigenvalue weighted by molar-refractivity contribution is -0.230. The van der Waals surface area contributed by atoms with Crippen LogP contribution in [0.15, 0.2) is 30.3 Å². The van der Waals surface area contributed by atoms with E-state index in [1.54, 1.807) is 0 Å². The highest BCUT2D eigenvalue weighted by Gasteiger charge is 2.34. The van der Waals surface area contributed by atoms with Gasteiger partial charge in [-0.15, -0.1) is 0 Å². The molecule has 0 heterocycles. The Hall–Kier alpha value is -1.19. The molecule has 0 radical (unpaired) electrons. The Bertz CT molecular complexity index is 362. The predicted molar refractivity (Wildman–Crippen MR) is 75.8 cm³/mol. The Kier molecular flexibility index (Phi) is 6.74. The summed E-state index contributed by atoms with van der Waals surface area (Å²) < 4.78 is 11.5. The molecular weight excluding hydrogens is 240 g/mol. The average molecular weight is 264 g/mol. The summed E-state index contributed by atoms with van der Waals surface area (Å²) in [6.45, 7) is 7.19. The Morgan fingerprint density at radius 1 is 1.21 bits per heavy atom. The summed E-state index contributed by atoms with van der Waals surface area (Å²) >= 11 is 0. The van der Waals surface area contributed by atoms with Gasteiger partial charge in [-0.05, 0) is 12.3 Å². The second kappa shape index (κ2) is 8.08. The Balaban J connectivity index is 2.89. The van der Waals surface area contributed by atoms with Gasteiger partial charge in [0, 0.05) is 5.56 Å². The van der Waals surface area contributed by atoms with Crippen LogP contribution in [0.25, 0.3) is 0 Å². The van der Waals surface area contributed by atoms with Gasteiger partial charge in [0.25, 0.3) is 5.79 Å². The molecule has 0 bridgehead atoms. The number of hydrogen-bond donors (Lipinski definition) is 0. The minimum atomic E-state index is -1.26. The SMILES string of the molecule is CCCCOC(C=O)(OCC(C)C)c1ccccc1. The second-order valence-corrected chi connectivity index (χ2v) is 5.06. The van der Waals surface area contributed by atoms with Gasteiger partial charge in [-0.3, -0.25) is 4.79 Å². The van der Waals surface area contributed by atoms with E-state index in [0.29, 0.717) is 19.1 Å². The molecule has 0 saturated carbocycles. The maximum atomic E-state index is 11.6. The zero-order valence-corrected chi connectivity index (χ0v) is 12.1. The van der Waals surface area contributed by atoms with Gasteiger partial charge in [-0.1, -0.05) is 57.5 Å². The molecule has 0 saturated heterocycles. The summed E-state index contributed by atoms with van der Waals surface area (Å²) in [4.78, 5) is 11.6. The fourth-order valence-electron chi connectivity index (χ4n) is 1.67. The fraction of sp³-hybridized carbons (Fsp3) is 0.562. The van der Waals surface area contributed by atoms with E-state index >= 15 is 0 Å². The van der Waals surface area contributed by atoms with Gasteiger partial charge < -0.3 is 9.47 Å². The first-order valence-electron chi connectivity index (χ1n) is 6.94. The van der Waals surface area contributed by atoms with E-state index in [9.17, 15) is 4.79 Å². The molecule has 3 nitrogen and oxygen atoms in total. The molecule has 1 aromatic rings. The molecule has 106 valence electrons. The molecule has 1 aromatic carbocycles. The molecule has 0 N–H and O–H groups in total. The molecule has 19 heavy (non-hydrogen) atoms. The molecular formula is C16H24O3. The van der Waals surface area contributed by atoms with Crippen molar-refractivity contribution in [3.05, 3.63) is 35.9 Å². The summed E-state index contributed by atoms with van der Waals surface area (Å²) in [6.07, 6.45) is 2.70. The average Bonchev–Trinajstić information content (AvgIpc) is 2.44. The van der Waals surface area contributed by atoms with Crippen molar-refractivity contribution in [2.24, 2.45) is 5.92 Å². The minimum absolute atomic E-state index is 0.345. The lowest BCUT2D eigenvalue weighted by atomic mass is 10.1. The zero-order valence-electron chi connectivity index (χ0n) is 12.1. The Labute approximate surface area is 115 Å². The van der Waals surface area contributed by atoms with Crippen LogP contribution in [0.2, 0.25) is 0 Å². The van der Waals surface area contributed by atoms with E-state index in [0.717, 1.165) is 24.7 Å². The molecule has 0 aliphatic carbocycles. The maximum absolute atomic E-state index is 11.6.